The van der Waals surface area contributed by atoms with E-state index in [1.54, 1.807) is 16.7 Å². The number of hydrogen-bond donors (Lipinski definition) is 2. The molecular formula is C24H26FN3O4. The maximum Gasteiger partial charge on any atom is 0.407 e. The second-order valence-electron chi connectivity index (χ2n) is 8.06. The first-order chi connectivity index (χ1) is 15.5. The third-order valence-electron chi connectivity index (χ3n) is 5.80. The number of rotatable bonds is 7. The quantitative estimate of drug-likeness (QED) is 0.591. The first-order valence-corrected chi connectivity index (χ1v) is 10.6. The molecule has 0 bridgehead atoms. The fraction of sp³-hybridized carbons (Fsp3) is 0.333. The molecular weight excluding hydrogens is 413 g/mol. The summed E-state index contributed by atoms with van der Waals surface area (Å²) in [4.78, 5) is 26.3. The molecule has 0 saturated carbocycles. The highest BCUT2D eigenvalue weighted by molar-refractivity contribution is 5.78. The zero-order valence-corrected chi connectivity index (χ0v) is 17.6. The van der Waals surface area contributed by atoms with Crippen molar-refractivity contribution in [3.63, 3.8) is 0 Å². The molecule has 8 heteroatoms. The van der Waals surface area contributed by atoms with Crippen molar-refractivity contribution in [3.05, 3.63) is 82.4 Å². The Labute approximate surface area is 185 Å². The van der Waals surface area contributed by atoms with Crippen molar-refractivity contribution in [1.29, 1.82) is 0 Å². The summed E-state index contributed by atoms with van der Waals surface area (Å²) in [7, 11) is 0. The maximum atomic E-state index is 13.7. The van der Waals surface area contributed by atoms with Crippen LogP contribution in [0.4, 0.5) is 9.18 Å². The highest BCUT2D eigenvalue weighted by atomic mass is 19.1. The van der Waals surface area contributed by atoms with E-state index in [0.717, 1.165) is 10.9 Å². The summed E-state index contributed by atoms with van der Waals surface area (Å²) in [6.07, 6.45) is -1.12. The molecule has 7 nitrogen and oxygen atoms in total. The number of aliphatic hydroxyl groups is 1. The van der Waals surface area contributed by atoms with Crippen LogP contribution in [0.5, 0.6) is 0 Å². The number of pyridine rings is 1. The van der Waals surface area contributed by atoms with E-state index in [4.69, 9.17) is 4.74 Å². The van der Waals surface area contributed by atoms with Crippen molar-refractivity contribution in [2.24, 2.45) is 5.92 Å². The van der Waals surface area contributed by atoms with Gasteiger partial charge in [-0.2, -0.15) is 0 Å². The number of amides is 1. The minimum absolute atomic E-state index is 0.138. The Hall–Kier alpha value is -3.23. The predicted octanol–water partition coefficient (Wildman–Crippen LogP) is 2.36. The van der Waals surface area contributed by atoms with E-state index in [2.05, 4.69) is 5.32 Å². The zero-order chi connectivity index (χ0) is 22.5. The molecule has 3 aromatic rings. The lowest BCUT2D eigenvalue weighted by molar-refractivity contribution is 0.124. The molecule has 1 aliphatic rings. The van der Waals surface area contributed by atoms with Crippen molar-refractivity contribution < 1.29 is 19.0 Å². The molecule has 2 heterocycles. The molecule has 1 aliphatic heterocycles. The second-order valence-corrected chi connectivity index (χ2v) is 8.06. The van der Waals surface area contributed by atoms with Crippen molar-refractivity contribution in [3.8, 4) is 0 Å². The molecule has 0 aliphatic carbocycles. The average Bonchev–Trinajstić information content (AvgIpc) is 3.15. The van der Waals surface area contributed by atoms with Gasteiger partial charge < -0.3 is 19.7 Å². The molecule has 0 spiro atoms. The number of β-amino-alcohol motifs (C(OH)–C–C–N with tert-alkyl or cyclic N) is 1. The number of aromatic nitrogens is 1. The van der Waals surface area contributed by atoms with E-state index < -0.39 is 18.0 Å². The predicted molar refractivity (Wildman–Crippen MR) is 119 cm³/mol. The Bertz CT molecular complexity index is 1140. The second kappa shape index (κ2) is 9.93. The van der Waals surface area contributed by atoms with Gasteiger partial charge in [0.15, 0.2) is 0 Å². The normalized spacial score (nSPS) is 18.7. The number of benzene rings is 2. The van der Waals surface area contributed by atoms with Gasteiger partial charge in [-0.3, -0.25) is 9.69 Å². The van der Waals surface area contributed by atoms with Crippen molar-refractivity contribution in [1.82, 2.24) is 14.8 Å². The Balaban J connectivity index is 1.28. The van der Waals surface area contributed by atoms with Crippen LogP contribution in [0.2, 0.25) is 0 Å². The molecule has 1 saturated heterocycles. The van der Waals surface area contributed by atoms with Crippen LogP contribution in [-0.2, 0) is 17.9 Å². The largest absolute Gasteiger partial charge is 0.445 e. The number of ether oxygens (including phenoxy) is 1. The summed E-state index contributed by atoms with van der Waals surface area (Å²) in [5.41, 5.74) is 1.26. The average molecular weight is 439 g/mol. The van der Waals surface area contributed by atoms with E-state index in [0.29, 0.717) is 38.2 Å². The van der Waals surface area contributed by atoms with Crippen molar-refractivity contribution in [2.75, 3.05) is 26.2 Å². The molecule has 1 amide bonds. The monoisotopic (exact) mass is 439 g/mol. The molecule has 168 valence electrons. The molecule has 32 heavy (non-hydrogen) atoms. The molecule has 2 aromatic carbocycles. The highest BCUT2D eigenvalue weighted by Gasteiger charge is 2.31. The Morgan fingerprint density at radius 1 is 1.09 bits per heavy atom. The number of nitrogens with one attached hydrogen (secondary N) is 1. The number of carbonyl (C=O) groups is 1. The lowest BCUT2D eigenvalue weighted by atomic mass is 10.1. The molecule has 0 unspecified atom stereocenters. The molecule has 1 fully saturated rings. The van der Waals surface area contributed by atoms with Gasteiger partial charge in [-0.15, -0.1) is 0 Å². The summed E-state index contributed by atoms with van der Waals surface area (Å²) in [6, 6.07) is 17.0. The summed E-state index contributed by atoms with van der Waals surface area (Å²) in [5, 5.41) is 13.9. The van der Waals surface area contributed by atoms with Gasteiger partial charge in [-0.25, -0.2) is 9.18 Å². The number of nitrogens with zero attached hydrogens (tertiary/aromatic N) is 2. The number of halogens is 1. The van der Waals surface area contributed by atoms with Crippen LogP contribution in [0.3, 0.4) is 0 Å². The minimum Gasteiger partial charge on any atom is -0.445 e. The SMILES string of the molecule is O=C(NC[C@@H]1CN(CCn2c(=O)ccc3ccc(F)cc32)C[C@@H]1O)OCc1ccccc1. The van der Waals surface area contributed by atoms with Gasteiger partial charge >= 0.3 is 6.09 Å². The number of alkyl carbamates (subject to hydrolysis) is 1. The highest BCUT2D eigenvalue weighted by Crippen LogP contribution is 2.18. The number of fused-ring (bicyclic) bond motifs is 1. The zero-order valence-electron chi connectivity index (χ0n) is 17.6. The summed E-state index contributed by atoms with van der Waals surface area (Å²) >= 11 is 0. The number of hydrogen-bond acceptors (Lipinski definition) is 5. The molecule has 1 aromatic heterocycles. The van der Waals surface area contributed by atoms with E-state index in [9.17, 15) is 19.1 Å². The molecule has 4 rings (SSSR count). The van der Waals surface area contributed by atoms with Crippen LogP contribution in [0.15, 0.2) is 65.5 Å². The fourth-order valence-electron chi connectivity index (χ4n) is 4.05. The fourth-order valence-corrected chi connectivity index (χ4v) is 4.05. The topological polar surface area (TPSA) is 83.8 Å². The van der Waals surface area contributed by atoms with Crippen LogP contribution < -0.4 is 10.9 Å². The van der Waals surface area contributed by atoms with Gasteiger partial charge in [0.25, 0.3) is 5.56 Å². The smallest absolute Gasteiger partial charge is 0.407 e. The van der Waals surface area contributed by atoms with Crippen LogP contribution in [-0.4, -0.2) is 52.9 Å². The van der Waals surface area contributed by atoms with Crippen LogP contribution >= 0.6 is 0 Å². The van der Waals surface area contributed by atoms with Gasteiger partial charge in [0, 0.05) is 44.7 Å². The maximum absolute atomic E-state index is 13.7. The lowest BCUT2D eigenvalue weighted by Gasteiger charge is -2.18. The minimum atomic E-state index is -0.592. The summed E-state index contributed by atoms with van der Waals surface area (Å²) < 4.78 is 20.4. The number of aliphatic hydroxyl groups excluding tert-OH is 1. The first kappa shape index (κ1) is 22.0. The van der Waals surface area contributed by atoms with Gasteiger partial charge in [0.2, 0.25) is 0 Å². The summed E-state index contributed by atoms with van der Waals surface area (Å²) in [6.45, 7) is 2.41. The first-order valence-electron chi connectivity index (χ1n) is 10.6. The number of carbonyl (C=O) groups excluding carboxylic acids is 1. The Morgan fingerprint density at radius 3 is 2.69 bits per heavy atom. The van der Waals surface area contributed by atoms with Gasteiger partial charge in [0.05, 0.1) is 11.6 Å². The van der Waals surface area contributed by atoms with Crippen molar-refractivity contribution in [2.45, 2.75) is 19.3 Å². The van der Waals surface area contributed by atoms with Gasteiger partial charge in [-0.1, -0.05) is 30.3 Å². The summed E-state index contributed by atoms with van der Waals surface area (Å²) in [5.74, 6) is -0.528. The van der Waals surface area contributed by atoms with E-state index in [-0.39, 0.29) is 18.1 Å². The van der Waals surface area contributed by atoms with E-state index in [1.165, 1.54) is 18.2 Å². The van der Waals surface area contributed by atoms with Crippen molar-refractivity contribution >= 4 is 17.0 Å². The third kappa shape index (κ3) is 5.33. The Kier molecular flexibility index (Phi) is 6.82. The lowest BCUT2D eigenvalue weighted by Crippen LogP contribution is -2.34. The van der Waals surface area contributed by atoms with Crippen LogP contribution in [0.1, 0.15) is 5.56 Å². The number of likely N-dealkylation sites (tertiary alicyclic amines) is 1. The standard InChI is InChI=1S/C24H26FN3O4/c25-20-8-6-18-7-9-23(30)28(21(18)12-20)11-10-27-14-19(22(29)15-27)13-26-24(31)32-16-17-4-2-1-3-5-17/h1-9,12,19,22,29H,10-11,13-16H2,(H,26,31)/t19-,22+/m1/s1. The Morgan fingerprint density at radius 2 is 1.88 bits per heavy atom. The van der Waals surface area contributed by atoms with Gasteiger partial charge in [-0.05, 0) is 35.2 Å². The molecule has 2 N–H and O–H groups in total. The molecule has 2 atom stereocenters. The molecule has 0 radical (unpaired) electrons. The van der Waals surface area contributed by atoms with E-state index >= 15 is 0 Å². The van der Waals surface area contributed by atoms with E-state index in [1.807, 2.05) is 35.2 Å². The third-order valence-corrected chi connectivity index (χ3v) is 5.80. The van der Waals surface area contributed by atoms with Crippen LogP contribution in [0.25, 0.3) is 10.9 Å². The van der Waals surface area contributed by atoms with Crippen LogP contribution in [0, 0.1) is 11.7 Å². The van der Waals surface area contributed by atoms with Gasteiger partial charge in [0.1, 0.15) is 12.4 Å².